The van der Waals surface area contributed by atoms with Gasteiger partial charge in [0.15, 0.2) is 17.5 Å². The van der Waals surface area contributed by atoms with Crippen molar-refractivity contribution in [2.75, 3.05) is 72.4 Å². The number of halogens is 3. The molecule has 2 aromatic heterocycles. The van der Waals surface area contributed by atoms with Crippen molar-refractivity contribution in [2.45, 2.75) is 26.3 Å². The first-order valence-electron chi connectivity index (χ1n) is 17.3. The van der Waals surface area contributed by atoms with Crippen molar-refractivity contribution in [3.63, 3.8) is 0 Å². The van der Waals surface area contributed by atoms with E-state index in [0.717, 1.165) is 30.7 Å². The van der Waals surface area contributed by atoms with Crippen LogP contribution in [0, 0.1) is 24.5 Å². The number of ether oxygens (including phenoxy) is 1. The fourth-order valence-corrected chi connectivity index (χ4v) is 7.14. The van der Waals surface area contributed by atoms with Gasteiger partial charge in [-0.05, 0) is 44.0 Å². The summed E-state index contributed by atoms with van der Waals surface area (Å²) in [5, 5.41) is 7.15. The minimum atomic E-state index is -1.08. The highest BCUT2D eigenvalue weighted by Crippen LogP contribution is 2.33. The fraction of sp³-hybridized carbons (Fsp3) is 0.432. The van der Waals surface area contributed by atoms with E-state index in [-0.39, 0.29) is 45.4 Å². The van der Waals surface area contributed by atoms with Crippen molar-refractivity contribution in [2.24, 2.45) is 13.0 Å². The number of piperidine rings is 1. The summed E-state index contributed by atoms with van der Waals surface area (Å²) in [5.41, 5.74) is 1.95. The third-order valence-electron chi connectivity index (χ3n) is 10.3. The van der Waals surface area contributed by atoms with Crippen molar-refractivity contribution < 1.29 is 32.4 Å². The first-order valence-corrected chi connectivity index (χ1v) is 17.7. The minimum Gasteiger partial charge on any atom is -0.383 e. The molecule has 276 valence electrons. The Hall–Kier alpha value is -4.66. The van der Waals surface area contributed by atoms with Gasteiger partial charge in [-0.15, -0.1) is 0 Å². The number of hydrogen-bond donors (Lipinski definition) is 1. The lowest BCUT2D eigenvalue weighted by molar-refractivity contribution is -0.894. The number of nitrogens with one attached hydrogen (secondary N) is 1. The van der Waals surface area contributed by atoms with Gasteiger partial charge in [-0.1, -0.05) is 17.7 Å². The van der Waals surface area contributed by atoms with Gasteiger partial charge in [-0.3, -0.25) is 19.1 Å². The molecule has 0 unspecified atom stereocenters. The van der Waals surface area contributed by atoms with Crippen molar-refractivity contribution in [3.05, 3.63) is 76.5 Å². The summed E-state index contributed by atoms with van der Waals surface area (Å²) in [5.74, 6) is -2.94. The largest absolute Gasteiger partial charge is 0.383 e. The van der Waals surface area contributed by atoms with Gasteiger partial charge < -0.3 is 28.9 Å². The molecule has 0 bridgehead atoms. The number of rotatable bonds is 9. The third kappa shape index (κ3) is 7.46. The number of imidazole rings is 1. The van der Waals surface area contributed by atoms with Crippen LogP contribution in [0.1, 0.15) is 39.5 Å². The topological polar surface area (TPSA) is 115 Å². The molecule has 52 heavy (non-hydrogen) atoms. The maximum atomic E-state index is 15.5. The summed E-state index contributed by atoms with van der Waals surface area (Å²) in [6.07, 6.45) is 3.99. The molecule has 4 aromatic rings. The number of nitrogens with zero attached hydrogens (tertiary/aromatic N) is 7. The van der Waals surface area contributed by atoms with E-state index in [2.05, 4.69) is 29.5 Å². The van der Waals surface area contributed by atoms with Crippen LogP contribution in [0.2, 0.25) is 5.02 Å². The Morgan fingerprint density at radius 1 is 0.962 bits per heavy atom. The fourth-order valence-electron chi connectivity index (χ4n) is 6.88. The average molecular weight is 738 g/mol. The van der Waals surface area contributed by atoms with Crippen molar-refractivity contribution >= 4 is 35.0 Å². The Balaban J connectivity index is 1.09. The van der Waals surface area contributed by atoms with E-state index in [1.54, 1.807) is 35.7 Å². The Morgan fingerprint density at radius 2 is 1.63 bits per heavy atom. The van der Waals surface area contributed by atoms with E-state index >= 15 is 8.78 Å². The second kappa shape index (κ2) is 15.1. The van der Waals surface area contributed by atoms with E-state index in [9.17, 15) is 14.4 Å². The quantitative estimate of drug-likeness (QED) is 0.246. The number of piperazine rings is 1. The molecule has 3 amide bonds. The Bertz CT molecular complexity index is 1990. The molecule has 2 aromatic carbocycles. The van der Waals surface area contributed by atoms with Crippen LogP contribution in [0.4, 0.5) is 14.5 Å². The summed E-state index contributed by atoms with van der Waals surface area (Å²) in [4.78, 5) is 47.6. The number of carbonyl (C=O) groups is 3. The lowest BCUT2D eigenvalue weighted by atomic mass is 9.94. The first kappa shape index (κ1) is 37.1. The molecule has 1 N–H and O–H groups in total. The van der Waals surface area contributed by atoms with Gasteiger partial charge in [-0.2, -0.15) is 5.10 Å². The maximum absolute atomic E-state index is 15.5. The maximum Gasteiger partial charge on any atom is 0.291 e. The SMILES string of the molecule is COCCn1ncc(-c2ccc(-c3cnc(C(=O)Nc4ccc(C(=O)N5CCC(C(=O)N6CC[N+](C)(C)CC6)CC5)c(Cl)c4)n3C)c(F)c2F)c1C. The van der Waals surface area contributed by atoms with Gasteiger partial charge in [0.1, 0.15) is 0 Å². The lowest BCUT2D eigenvalue weighted by Crippen LogP contribution is -2.57. The molecule has 6 rings (SSSR count). The van der Waals surface area contributed by atoms with Gasteiger partial charge in [-0.25, -0.2) is 13.8 Å². The summed E-state index contributed by atoms with van der Waals surface area (Å²) in [6, 6.07) is 7.53. The van der Waals surface area contributed by atoms with Crippen LogP contribution in [-0.4, -0.2) is 118 Å². The van der Waals surface area contributed by atoms with Crippen molar-refractivity contribution in [3.8, 4) is 22.4 Å². The second-order valence-corrected chi connectivity index (χ2v) is 14.5. The normalized spacial score (nSPS) is 16.3. The third-order valence-corrected chi connectivity index (χ3v) is 10.6. The molecule has 0 atom stereocenters. The van der Waals surface area contributed by atoms with E-state index in [1.807, 2.05) is 4.90 Å². The van der Waals surface area contributed by atoms with E-state index in [1.165, 1.54) is 42.2 Å². The smallest absolute Gasteiger partial charge is 0.291 e. The van der Waals surface area contributed by atoms with Gasteiger partial charge in [0, 0.05) is 61.2 Å². The molecular formula is C37H44ClF2N8O4+. The van der Waals surface area contributed by atoms with Crippen LogP contribution in [0.5, 0.6) is 0 Å². The molecule has 4 heterocycles. The standard InChI is InChI=1S/C37H43ClF2N8O4/c1-23-29(21-42-47(23)16-19-52-5)26-8-9-28(33(40)32(26)39)31-22-41-34(44(31)2)35(49)43-25-6-7-27(30(38)20-25)37(51)45-12-10-24(11-13-45)36(50)46-14-17-48(3,4)18-15-46/h6-9,20-22,24H,10-19H2,1-5H3/p+1. The monoisotopic (exact) mass is 737 g/mol. The number of anilines is 1. The van der Waals surface area contributed by atoms with Crippen LogP contribution >= 0.6 is 11.6 Å². The number of methoxy groups -OCH3 is 1. The molecule has 12 nitrogen and oxygen atoms in total. The lowest BCUT2D eigenvalue weighted by Gasteiger charge is -2.41. The minimum absolute atomic E-state index is 0.0461. The highest BCUT2D eigenvalue weighted by Gasteiger charge is 2.34. The highest BCUT2D eigenvalue weighted by molar-refractivity contribution is 6.34. The van der Waals surface area contributed by atoms with Crippen LogP contribution < -0.4 is 5.32 Å². The zero-order valence-electron chi connectivity index (χ0n) is 30.1. The van der Waals surface area contributed by atoms with Gasteiger partial charge in [0.05, 0.1) is 82.1 Å². The molecule has 15 heteroatoms. The van der Waals surface area contributed by atoms with Gasteiger partial charge >= 0.3 is 0 Å². The summed E-state index contributed by atoms with van der Waals surface area (Å²) in [7, 11) is 7.45. The molecular weight excluding hydrogens is 694 g/mol. The number of likely N-dealkylation sites (N-methyl/N-ethyl adjacent to an activating group) is 1. The molecule has 0 saturated carbocycles. The number of quaternary nitrogens is 1. The molecule has 2 fully saturated rings. The van der Waals surface area contributed by atoms with Gasteiger partial charge in [0.2, 0.25) is 5.91 Å². The average Bonchev–Trinajstić information content (AvgIpc) is 3.69. The second-order valence-electron chi connectivity index (χ2n) is 14.1. The number of carbonyl (C=O) groups excluding carboxylic acids is 3. The molecule has 2 aliphatic heterocycles. The predicted molar refractivity (Wildman–Crippen MR) is 193 cm³/mol. The summed E-state index contributed by atoms with van der Waals surface area (Å²) in [6.45, 7) is 6.94. The van der Waals surface area contributed by atoms with Crippen LogP contribution in [0.15, 0.2) is 42.7 Å². The highest BCUT2D eigenvalue weighted by atomic mass is 35.5. The summed E-state index contributed by atoms with van der Waals surface area (Å²) < 4.78 is 40.0. The Kier molecular flexibility index (Phi) is 10.8. The first-order chi connectivity index (χ1) is 24.8. The molecule has 0 aliphatic carbocycles. The number of amides is 3. The van der Waals surface area contributed by atoms with Crippen molar-refractivity contribution in [1.29, 1.82) is 0 Å². The Morgan fingerprint density at radius 3 is 2.31 bits per heavy atom. The van der Waals surface area contributed by atoms with E-state index in [0.29, 0.717) is 61.6 Å². The number of likely N-dealkylation sites (tertiary alicyclic amines) is 1. The van der Waals surface area contributed by atoms with Crippen LogP contribution in [0.3, 0.4) is 0 Å². The van der Waals surface area contributed by atoms with E-state index in [4.69, 9.17) is 16.3 Å². The van der Waals surface area contributed by atoms with Crippen molar-refractivity contribution in [1.82, 2.24) is 29.1 Å². The molecule has 2 saturated heterocycles. The number of hydrogen-bond acceptors (Lipinski definition) is 6. The number of aromatic nitrogens is 4. The molecule has 0 spiro atoms. The van der Waals surface area contributed by atoms with Gasteiger partial charge in [0.25, 0.3) is 11.8 Å². The van der Waals surface area contributed by atoms with Crippen LogP contribution in [0.25, 0.3) is 22.4 Å². The Labute approximate surface area is 306 Å². The predicted octanol–water partition coefficient (Wildman–Crippen LogP) is 4.86. The molecule has 2 aliphatic rings. The van der Waals surface area contributed by atoms with Crippen LogP contribution in [-0.2, 0) is 23.1 Å². The molecule has 0 radical (unpaired) electrons. The zero-order chi connectivity index (χ0) is 37.3. The summed E-state index contributed by atoms with van der Waals surface area (Å²) >= 11 is 6.54. The number of benzene rings is 2. The zero-order valence-corrected chi connectivity index (χ0v) is 30.8. The van der Waals surface area contributed by atoms with E-state index < -0.39 is 17.5 Å².